The lowest BCUT2D eigenvalue weighted by Gasteiger charge is -2.37. The van der Waals surface area contributed by atoms with Crippen LogP contribution in [0, 0.1) is 17.7 Å². The van der Waals surface area contributed by atoms with Crippen LogP contribution in [0.4, 0.5) is 10.1 Å². The summed E-state index contributed by atoms with van der Waals surface area (Å²) >= 11 is 0. The molecular formula is C17H26FN. The Balaban J connectivity index is 2.25. The summed E-state index contributed by atoms with van der Waals surface area (Å²) in [5, 5.41) is 0. The van der Waals surface area contributed by atoms with Gasteiger partial charge in [-0.15, -0.1) is 0 Å². The van der Waals surface area contributed by atoms with Crippen LogP contribution >= 0.6 is 0 Å². The second-order valence-electron chi connectivity index (χ2n) is 7.27. The molecule has 1 aliphatic heterocycles. The minimum Gasteiger partial charge on any atom is -0.371 e. The zero-order valence-electron chi connectivity index (χ0n) is 12.8. The number of piperidine rings is 1. The zero-order valence-corrected chi connectivity index (χ0v) is 12.8. The first-order valence-corrected chi connectivity index (χ1v) is 7.32. The summed E-state index contributed by atoms with van der Waals surface area (Å²) in [5.41, 5.74) is 1.70. The minimum absolute atomic E-state index is 0.0733. The van der Waals surface area contributed by atoms with Crippen molar-refractivity contribution in [3.05, 3.63) is 29.6 Å². The molecule has 1 aromatic carbocycles. The van der Waals surface area contributed by atoms with E-state index in [1.165, 1.54) is 6.42 Å². The first-order valence-electron chi connectivity index (χ1n) is 7.32. The molecule has 1 aliphatic rings. The Hall–Kier alpha value is -1.05. The number of nitrogens with zero attached hydrogens (tertiary/aromatic N) is 1. The van der Waals surface area contributed by atoms with Crippen molar-refractivity contribution in [2.24, 2.45) is 11.8 Å². The van der Waals surface area contributed by atoms with Crippen LogP contribution in [0.15, 0.2) is 18.2 Å². The number of benzene rings is 1. The van der Waals surface area contributed by atoms with Gasteiger partial charge in [0, 0.05) is 18.8 Å². The Bertz CT molecular complexity index is 437. The van der Waals surface area contributed by atoms with Crippen LogP contribution in [0.5, 0.6) is 0 Å². The normalized spacial score (nSPS) is 24.6. The summed E-state index contributed by atoms with van der Waals surface area (Å²) in [6.07, 6.45) is 1.28. The van der Waals surface area contributed by atoms with Gasteiger partial charge in [0.2, 0.25) is 0 Å². The molecule has 106 valence electrons. The van der Waals surface area contributed by atoms with Crippen molar-refractivity contribution >= 4 is 5.69 Å². The smallest absolute Gasteiger partial charge is 0.128 e. The molecule has 0 N–H and O–H groups in total. The van der Waals surface area contributed by atoms with E-state index in [1.54, 1.807) is 6.07 Å². The predicted octanol–water partition coefficient (Wildman–Crippen LogP) is 4.61. The molecule has 19 heavy (non-hydrogen) atoms. The van der Waals surface area contributed by atoms with Crippen LogP contribution in [0.3, 0.4) is 0 Å². The van der Waals surface area contributed by atoms with E-state index < -0.39 is 0 Å². The number of halogens is 1. The first kappa shape index (κ1) is 14.4. The molecule has 1 saturated heterocycles. The van der Waals surface area contributed by atoms with Crippen molar-refractivity contribution in [3.63, 3.8) is 0 Å². The quantitative estimate of drug-likeness (QED) is 0.715. The maximum Gasteiger partial charge on any atom is 0.128 e. The highest BCUT2D eigenvalue weighted by Crippen LogP contribution is 2.31. The van der Waals surface area contributed by atoms with E-state index in [1.807, 2.05) is 6.07 Å². The van der Waals surface area contributed by atoms with Crippen molar-refractivity contribution in [1.82, 2.24) is 0 Å². The van der Waals surface area contributed by atoms with Gasteiger partial charge in [-0.2, -0.15) is 0 Å². The Kier molecular flexibility index (Phi) is 3.89. The minimum atomic E-state index is -0.134. The van der Waals surface area contributed by atoms with Gasteiger partial charge in [-0.1, -0.05) is 40.7 Å². The van der Waals surface area contributed by atoms with Gasteiger partial charge >= 0.3 is 0 Å². The molecule has 1 heterocycles. The van der Waals surface area contributed by atoms with Crippen molar-refractivity contribution < 1.29 is 4.39 Å². The van der Waals surface area contributed by atoms with Crippen molar-refractivity contribution in [2.45, 2.75) is 46.5 Å². The van der Waals surface area contributed by atoms with E-state index in [9.17, 15) is 4.39 Å². The monoisotopic (exact) mass is 263 g/mol. The van der Waals surface area contributed by atoms with Crippen molar-refractivity contribution in [2.75, 3.05) is 18.0 Å². The maximum absolute atomic E-state index is 14.3. The summed E-state index contributed by atoms with van der Waals surface area (Å²) < 4.78 is 14.3. The molecule has 2 heteroatoms. The average molecular weight is 263 g/mol. The largest absolute Gasteiger partial charge is 0.371 e. The molecule has 1 aromatic rings. The molecule has 1 fully saturated rings. The lowest BCUT2D eigenvalue weighted by molar-refractivity contribution is 0.356. The van der Waals surface area contributed by atoms with E-state index in [0.717, 1.165) is 24.3 Å². The molecule has 0 spiro atoms. The van der Waals surface area contributed by atoms with Gasteiger partial charge in [0.05, 0.1) is 0 Å². The summed E-state index contributed by atoms with van der Waals surface area (Å²) in [6, 6.07) is 5.74. The number of anilines is 1. The van der Waals surface area contributed by atoms with E-state index >= 15 is 0 Å². The predicted molar refractivity (Wildman–Crippen MR) is 80.3 cm³/mol. The fraction of sp³-hybridized carbons (Fsp3) is 0.647. The standard InChI is InChI=1S/C17H26FN/c1-12-8-13(2)11-19(10-12)14-6-7-15(16(18)9-14)17(3,4)5/h6-7,9,12-13H,8,10-11H2,1-5H3. The zero-order chi connectivity index (χ0) is 14.2. The van der Waals surface area contributed by atoms with E-state index in [2.05, 4.69) is 45.6 Å². The van der Waals surface area contributed by atoms with Crippen LogP contribution in [0.1, 0.15) is 46.6 Å². The third kappa shape index (κ3) is 3.29. The van der Waals surface area contributed by atoms with Crippen LogP contribution in [-0.4, -0.2) is 13.1 Å². The Morgan fingerprint density at radius 2 is 1.68 bits per heavy atom. The molecule has 2 atom stereocenters. The number of hydrogen-bond donors (Lipinski definition) is 0. The highest BCUT2D eigenvalue weighted by molar-refractivity contribution is 5.49. The molecule has 0 aliphatic carbocycles. The Morgan fingerprint density at radius 3 is 2.16 bits per heavy atom. The van der Waals surface area contributed by atoms with Gasteiger partial charge in [0.1, 0.15) is 5.82 Å². The first-order chi connectivity index (χ1) is 8.77. The second-order valence-corrected chi connectivity index (χ2v) is 7.27. The molecule has 0 aromatic heterocycles. The number of hydrogen-bond acceptors (Lipinski definition) is 1. The van der Waals surface area contributed by atoms with Gasteiger partial charge in [-0.25, -0.2) is 4.39 Å². The molecular weight excluding hydrogens is 237 g/mol. The number of rotatable bonds is 1. The molecule has 0 saturated carbocycles. The van der Waals surface area contributed by atoms with Gasteiger partial charge in [-0.05, 0) is 41.4 Å². The molecule has 0 radical (unpaired) electrons. The fourth-order valence-corrected chi connectivity index (χ4v) is 3.18. The Morgan fingerprint density at radius 1 is 1.11 bits per heavy atom. The molecule has 2 unspecified atom stereocenters. The summed E-state index contributed by atoms with van der Waals surface area (Å²) in [6.45, 7) is 12.8. The third-order valence-corrected chi connectivity index (χ3v) is 3.99. The van der Waals surface area contributed by atoms with E-state index in [4.69, 9.17) is 0 Å². The third-order valence-electron chi connectivity index (χ3n) is 3.99. The Labute approximate surface area is 116 Å². The topological polar surface area (TPSA) is 3.24 Å². The molecule has 2 rings (SSSR count). The van der Waals surface area contributed by atoms with Gasteiger partial charge in [0.15, 0.2) is 0 Å². The summed E-state index contributed by atoms with van der Waals surface area (Å²) in [4.78, 5) is 2.33. The maximum atomic E-state index is 14.3. The van der Waals surface area contributed by atoms with Crippen molar-refractivity contribution in [1.29, 1.82) is 0 Å². The van der Waals surface area contributed by atoms with Crippen LogP contribution < -0.4 is 4.90 Å². The van der Waals surface area contributed by atoms with Crippen LogP contribution in [0.25, 0.3) is 0 Å². The molecule has 0 bridgehead atoms. The van der Waals surface area contributed by atoms with Crippen LogP contribution in [0.2, 0.25) is 0 Å². The van der Waals surface area contributed by atoms with Gasteiger partial charge in [-0.3, -0.25) is 0 Å². The SMILES string of the molecule is CC1CC(C)CN(c2ccc(C(C)(C)C)c(F)c2)C1. The lowest BCUT2D eigenvalue weighted by Crippen LogP contribution is -2.38. The van der Waals surface area contributed by atoms with Crippen LogP contribution in [-0.2, 0) is 5.41 Å². The van der Waals surface area contributed by atoms with Gasteiger partial charge in [0.25, 0.3) is 0 Å². The highest BCUT2D eigenvalue weighted by atomic mass is 19.1. The lowest BCUT2D eigenvalue weighted by atomic mass is 9.86. The molecule has 1 nitrogen and oxygen atoms in total. The fourth-order valence-electron chi connectivity index (χ4n) is 3.18. The summed E-state index contributed by atoms with van der Waals surface area (Å²) in [7, 11) is 0. The van der Waals surface area contributed by atoms with E-state index in [-0.39, 0.29) is 11.2 Å². The average Bonchev–Trinajstić information content (AvgIpc) is 2.25. The second kappa shape index (κ2) is 5.15. The van der Waals surface area contributed by atoms with Gasteiger partial charge < -0.3 is 4.90 Å². The van der Waals surface area contributed by atoms with E-state index in [0.29, 0.717) is 11.8 Å². The summed E-state index contributed by atoms with van der Waals surface area (Å²) in [5.74, 6) is 1.30. The van der Waals surface area contributed by atoms with Crippen molar-refractivity contribution in [3.8, 4) is 0 Å². The highest BCUT2D eigenvalue weighted by Gasteiger charge is 2.24. The molecule has 0 amide bonds.